The lowest BCUT2D eigenvalue weighted by molar-refractivity contribution is 0.0937. The van der Waals surface area contributed by atoms with E-state index >= 15 is 0 Å². The number of anilines is 1. The van der Waals surface area contributed by atoms with Crippen LogP contribution in [0.4, 0.5) is 5.69 Å². The minimum atomic E-state index is -0.114. The maximum atomic E-state index is 12.1. The molecule has 1 aromatic rings. The second-order valence-electron chi connectivity index (χ2n) is 5.12. The number of nitrogens with two attached hydrogens (primary N) is 1. The Morgan fingerprint density at radius 3 is 2.79 bits per heavy atom. The number of hydrogen-bond acceptors (Lipinski definition) is 3. The highest BCUT2D eigenvalue weighted by Crippen LogP contribution is 2.30. The standard InChI is InChI=1S/C14H19BrN2O2/c15-12-4-11(5-13(16)6-12)14(19)17-7-9-2-1-3-10(9)8-18/h4-6,9-10,18H,1-3,7-8,16H2,(H,17,19). The summed E-state index contributed by atoms with van der Waals surface area (Å²) in [5.41, 5.74) is 6.84. The molecule has 4 N–H and O–H groups in total. The number of carbonyl (C=O) groups excluding carboxylic acids is 1. The lowest BCUT2D eigenvalue weighted by Gasteiger charge is -2.17. The number of nitrogen functional groups attached to an aromatic ring is 1. The van der Waals surface area contributed by atoms with E-state index in [1.807, 2.05) is 0 Å². The van der Waals surface area contributed by atoms with Crippen molar-refractivity contribution in [3.8, 4) is 0 Å². The molecular weight excluding hydrogens is 308 g/mol. The van der Waals surface area contributed by atoms with Gasteiger partial charge in [0.25, 0.3) is 5.91 Å². The van der Waals surface area contributed by atoms with E-state index in [0.29, 0.717) is 29.6 Å². The first kappa shape index (κ1) is 14.3. The predicted octanol–water partition coefficient (Wildman–Crippen LogP) is 2.17. The normalized spacial score (nSPS) is 22.4. The number of rotatable bonds is 4. The van der Waals surface area contributed by atoms with E-state index in [4.69, 9.17) is 5.73 Å². The molecule has 2 rings (SSSR count). The van der Waals surface area contributed by atoms with E-state index < -0.39 is 0 Å². The van der Waals surface area contributed by atoms with Crippen LogP contribution in [0.3, 0.4) is 0 Å². The van der Waals surface area contributed by atoms with Gasteiger partial charge < -0.3 is 16.2 Å². The van der Waals surface area contributed by atoms with Crippen molar-refractivity contribution >= 4 is 27.5 Å². The molecule has 1 aliphatic carbocycles. The highest BCUT2D eigenvalue weighted by atomic mass is 79.9. The summed E-state index contributed by atoms with van der Waals surface area (Å²) in [7, 11) is 0. The summed E-state index contributed by atoms with van der Waals surface area (Å²) in [6.07, 6.45) is 3.27. The fourth-order valence-corrected chi connectivity index (χ4v) is 3.20. The van der Waals surface area contributed by atoms with E-state index in [9.17, 15) is 9.90 Å². The van der Waals surface area contributed by atoms with Gasteiger partial charge >= 0.3 is 0 Å². The molecule has 0 spiro atoms. The summed E-state index contributed by atoms with van der Waals surface area (Å²) in [6.45, 7) is 0.834. The van der Waals surface area contributed by atoms with Crippen molar-refractivity contribution < 1.29 is 9.90 Å². The van der Waals surface area contributed by atoms with Gasteiger partial charge in [0.15, 0.2) is 0 Å². The van der Waals surface area contributed by atoms with Crippen LogP contribution in [0.5, 0.6) is 0 Å². The Hall–Kier alpha value is -1.07. The van der Waals surface area contributed by atoms with E-state index in [1.165, 1.54) is 0 Å². The van der Waals surface area contributed by atoms with Crippen molar-refractivity contribution in [2.75, 3.05) is 18.9 Å². The van der Waals surface area contributed by atoms with E-state index in [0.717, 1.165) is 23.7 Å². The van der Waals surface area contributed by atoms with E-state index in [2.05, 4.69) is 21.2 Å². The van der Waals surface area contributed by atoms with Crippen LogP contribution in [0.1, 0.15) is 29.6 Å². The number of aliphatic hydroxyl groups is 1. The van der Waals surface area contributed by atoms with E-state index in [-0.39, 0.29) is 12.5 Å². The second kappa shape index (κ2) is 6.39. The summed E-state index contributed by atoms with van der Waals surface area (Å²) in [5, 5.41) is 12.2. The van der Waals surface area contributed by atoms with Crippen molar-refractivity contribution in [2.45, 2.75) is 19.3 Å². The Kier molecular flexibility index (Phi) is 4.82. The summed E-state index contributed by atoms with van der Waals surface area (Å²) < 4.78 is 0.798. The molecule has 1 amide bonds. The van der Waals surface area contributed by atoms with Crippen LogP contribution in [-0.4, -0.2) is 24.2 Å². The fraction of sp³-hybridized carbons (Fsp3) is 0.500. The van der Waals surface area contributed by atoms with Crippen molar-refractivity contribution in [1.82, 2.24) is 5.32 Å². The SMILES string of the molecule is Nc1cc(Br)cc(C(=O)NCC2CCCC2CO)c1. The molecule has 1 fully saturated rings. The van der Waals surface area contributed by atoms with Crippen LogP contribution >= 0.6 is 15.9 Å². The monoisotopic (exact) mass is 326 g/mol. The largest absolute Gasteiger partial charge is 0.399 e. The molecule has 0 saturated heterocycles. The van der Waals surface area contributed by atoms with Crippen LogP contribution in [0.15, 0.2) is 22.7 Å². The maximum absolute atomic E-state index is 12.1. The molecule has 5 heteroatoms. The van der Waals surface area contributed by atoms with Crippen molar-refractivity contribution in [3.05, 3.63) is 28.2 Å². The number of aliphatic hydroxyl groups excluding tert-OH is 1. The lowest BCUT2D eigenvalue weighted by Crippen LogP contribution is -2.31. The molecule has 2 atom stereocenters. The maximum Gasteiger partial charge on any atom is 0.251 e. The average molecular weight is 327 g/mol. The highest BCUT2D eigenvalue weighted by molar-refractivity contribution is 9.10. The first-order valence-corrected chi connectivity index (χ1v) is 7.34. The first-order chi connectivity index (χ1) is 9.10. The summed E-state index contributed by atoms with van der Waals surface area (Å²) >= 11 is 3.33. The molecule has 0 radical (unpaired) electrons. The third-order valence-electron chi connectivity index (χ3n) is 3.76. The zero-order valence-corrected chi connectivity index (χ0v) is 12.3. The molecule has 0 heterocycles. The minimum Gasteiger partial charge on any atom is -0.399 e. The predicted molar refractivity (Wildman–Crippen MR) is 78.8 cm³/mol. The average Bonchev–Trinajstić information content (AvgIpc) is 2.82. The quantitative estimate of drug-likeness (QED) is 0.742. The minimum absolute atomic E-state index is 0.114. The van der Waals surface area contributed by atoms with Crippen LogP contribution in [0, 0.1) is 11.8 Å². The number of benzene rings is 1. The van der Waals surface area contributed by atoms with Gasteiger partial charge in [-0.3, -0.25) is 4.79 Å². The number of halogens is 1. The Labute approximate surface area is 121 Å². The Bertz CT molecular complexity index is 445. The third-order valence-corrected chi connectivity index (χ3v) is 4.22. The molecule has 4 nitrogen and oxygen atoms in total. The molecule has 0 aromatic heterocycles. The Morgan fingerprint density at radius 1 is 1.37 bits per heavy atom. The summed E-state index contributed by atoms with van der Waals surface area (Å²) in [6, 6.07) is 5.18. The summed E-state index contributed by atoms with van der Waals surface area (Å²) in [5.74, 6) is 0.600. The molecule has 0 aliphatic heterocycles. The third kappa shape index (κ3) is 3.70. The van der Waals surface area contributed by atoms with Gasteiger partial charge in [-0.2, -0.15) is 0 Å². The van der Waals surface area contributed by atoms with E-state index in [1.54, 1.807) is 18.2 Å². The zero-order valence-electron chi connectivity index (χ0n) is 10.7. The van der Waals surface area contributed by atoms with Gasteiger partial charge in [0.1, 0.15) is 0 Å². The Balaban J connectivity index is 1.94. The van der Waals surface area contributed by atoms with Crippen LogP contribution in [0.2, 0.25) is 0 Å². The van der Waals surface area contributed by atoms with Gasteiger partial charge in [-0.15, -0.1) is 0 Å². The molecule has 1 aliphatic rings. The number of carbonyl (C=O) groups is 1. The molecular formula is C14H19BrN2O2. The van der Waals surface area contributed by atoms with Gasteiger partial charge in [-0.1, -0.05) is 22.4 Å². The second-order valence-corrected chi connectivity index (χ2v) is 6.03. The van der Waals surface area contributed by atoms with Crippen LogP contribution < -0.4 is 11.1 Å². The fourth-order valence-electron chi connectivity index (χ4n) is 2.69. The highest BCUT2D eigenvalue weighted by Gasteiger charge is 2.26. The van der Waals surface area contributed by atoms with Crippen molar-refractivity contribution in [3.63, 3.8) is 0 Å². The lowest BCUT2D eigenvalue weighted by atomic mass is 9.97. The van der Waals surface area contributed by atoms with Gasteiger partial charge in [-0.05, 0) is 42.9 Å². The van der Waals surface area contributed by atoms with Gasteiger partial charge in [0.05, 0.1) is 0 Å². The topological polar surface area (TPSA) is 75.4 Å². The smallest absolute Gasteiger partial charge is 0.251 e. The Morgan fingerprint density at radius 2 is 2.11 bits per heavy atom. The molecule has 1 saturated carbocycles. The first-order valence-electron chi connectivity index (χ1n) is 6.55. The number of amides is 1. The summed E-state index contributed by atoms with van der Waals surface area (Å²) in [4.78, 5) is 12.1. The molecule has 2 unspecified atom stereocenters. The van der Waals surface area contributed by atoms with Crippen molar-refractivity contribution in [2.24, 2.45) is 11.8 Å². The molecule has 0 bridgehead atoms. The molecule has 1 aromatic carbocycles. The number of hydrogen-bond donors (Lipinski definition) is 3. The van der Waals surface area contributed by atoms with Crippen LogP contribution in [0.25, 0.3) is 0 Å². The van der Waals surface area contributed by atoms with Gasteiger partial charge in [-0.25, -0.2) is 0 Å². The molecule has 19 heavy (non-hydrogen) atoms. The molecule has 104 valence electrons. The van der Waals surface area contributed by atoms with Crippen LogP contribution in [-0.2, 0) is 0 Å². The van der Waals surface area contributed by atoms with Gasteiger partial charge in [0, 0.05) is 28.9 Å². The van der Waals surface area contributed by atoms with Gasteiger partial charge in [0.2, 0.25) is 0 Å². The zero-order chi connectivity index (χ0) is 13.8. The van der Waals surface area contributed by atoms with Crippen molar-refractivity contribution in [1.29, 1.82) is 0 Å². The number of nitrogens with one attached hydrogen (secondary N) is 1.